The quantitative estimate of drug-likeness (QED) is 0.215. The van der Waals surface area contributed by atoms with Gasteiger partial charge in [-0.05, 0) is 12.1 Å². The summed E-state index contributed by atoms with van der Waals surface area (Å²) in [5.74, 6) is -2.53. The first-order valence-electron chi connectivity index (χ1n) is 8.95. The van der Waals surface area contributed by atoms with Gasteiger partial charge in [0.1, 0.15) is 5.02 Å². The van der Waals surface area contributed by atoms with E-state index in [-0.39, 0.29) is 21.5 Å². The van der Waals surface area contributed by atoms with Crippen LogP contribution in [0.1, 0.15) is 0 Å². The highest BCUT2D eigenvalue weighted by molar-refractivity contribution is 6.37. The normalized spacial score (nSPS) is 11.2. The van der Waals surface area contributed by atoms with Gasteiger partial charge in [0, 0.05) is 7.05 Å². The highest BCUT2D eigenvalue weighted by atomic mass is 35.5. The molecule has 172 valence electrons. The maximum absolute atomic E-state index is 12.7. The van der Waals surface area contributed by atoms with Gasteiger partial charge in [-0.3, -0.25) is 24.3 Å². The predicted molar refractivity (Wildman–Crippen MR) is 119 cm³/mol. The largest absolute Gasteiger partial charge is 0.504 e. The highest BCUT2D eigenvalue weighted by Gasteiger charge is 2.21. The Balaban J connectivity index is 1.85. The first-order chi connectivity index (χ1) is 15.6. The van der Waals surface area contributed by atoms with E-state index in [2.05, 4.69) is 15.6 Å². The molecule has 0 saturated carbocycles. The van der Waals surface area contributed by atoms with Crippen LogP contribution in [0.3, 0.4) is 0 Å². The average Bonchev–Trinajstić information content (AvgIpc) is 2.76. The predicted octanol–water partition coefficient (Wildman–Crippen LogP) is 0.326. The molecule has 0 atom stereocenters. The summed E-state index contributed by atoms with van der Waals surface area (Å²) in [4.78, 5) is 50.7. The second-order valence-corrected chi connectivity index (χ2v) is 7.45. The van der Waals surface area contributed by atoms with Gasteiger partial charge in [-0.2, -0.15) is 4.79 Å². The molecule has 4 aromatic rings. The average molecular weight is 498 g/mol. The highest BCUT2D eigenvalue weighted by Crippen LogP contribution is 2.39. The summed E-state index contributed by atoms with van der Waals surface area (Å²) in [7, 11) is 1.38. The van der Waals surface area contributed by atoms with Gasteiger partial charge < -0.3 is 25.5 Å². The third-order valence-electron chi connectivity index (χ3n) is 4.80. The van der Waals surface area contributed by atoms with E-state index in [1.54, 1.807) is 0 Å². The summed E-state index contributed by atoms with van der Waals surface area (Å²) in [5.41, 5.74) is -0.780. The van der Waals surface area contributed by atoms with Crippen LogP contribution in [0, 0.1) is 0 Å². The number of hydrogen-bond donors (Lipinski definition) is 6. The number of hydrogen-bond acceptors (Lipinski definition) is 9. The molecular weight excluding hydrogens is 485 g/mol. The molecular formula is C18H13Cl2N5O8. The minimum Gasteiger partial charge on any atom is -0.504 e. The minimum atomic E-state index is -0.884. The van der Waals surface area contributed by atoms with Crippen molar-refractivity contribution in [3.8, 4) is 23.0 Å². The van der Waals surface area contributed by atoms with Crippen LogP contribution in [-0.2, 0) is 6.73 Å². The summed E-state index contributed by atoms with van der Waals surface area (Å²) < 4.78 is 6.07. The number of H-pyrrole nitrogens is 2. The number of phenols is 3. The number of ether oxygens (including phenoxy) is 1. The third kappa shape index (κ3) is 3.34. The van der Waals surface area contributed by atoms with Crippen molar-refractivity contribution >= 4 is 44.7 Å². The molecule has 4 rings (SSSR count). The number of aromatic hydroxyl groups is 3. The van der Waals surface area contributed by atoms with Gasteiger partial charge in [0.15, 0.2) is 29.7 Å². The fourth-order valence-corrected chi connectivity index (χ4v) is 3.86. The number of aromatic nitrogens is 4. The zero-order valence-electron chi connectivity index (χ0n) is 16.4. The van der Waals surface area contributed by atoms with Crippen molar-refractivity contribution < 1.29 is 20.1 Å². The number of halogens is 2. The Labute approximate surface area is 190 Å². The third-order valence-corrected chi connectivity index (χ3v) is 5.53. The molecule has 0 radical (unpaired) electrons. The van der Waals surface area contributed by atoms with E-state index in [1.165, 1.54) is 7.05 Å². The molecule has 0 bridgehead atoms. The van der Waals surface area contributed by atoms with Gasteiger partial charge in [0.05, 0.1) is 26.6 Å². The molecule has 33 heavy (non-hydrogen) atoms. The summed E-state index contributed by atoms with van der Waals surface area (Å²) in [6.45, 7) is -0.703. The number of nitrogens with one attached hydrogen (secondary N) is 3. The SMILES string of the molecule is CNn1[nH]c(=O)c2cc(O)c(OCn3[nH]c(=O)c4c(Cl)c(O)c(O)cc4c3=O)c(Cl)c2c1=O. The van der Waals surface area contributed by atoms with E-state index in [0.717, 1.165) is 16.9 Å². The van der Waals surface area contributed by atoms with Crippen LogP contribution in [0.5, 0.6) is 23.0 Å². The van der Waals surface area contributed by atoms with Gasteiger partial charge in [-0.25, -0.2) is 9.78 Å². The maximum Gasteiger partial charge on any atom is 0.293 e. The first-order valence-corrected chi connectivity index (χ1v) is 9.70. The number of nitrogens with zero attached hydrogens (tertiary/aromatic N) is 2. The van der Waals surface area contributed by atoms with Gasteiger partial charge in [0.2, 0.25) is 0 Å². The molecule has 13 nitrogen and oxygen atoms in total. The number of phenolic OH excluding ortho intramolecular Hbond substituents is 3. The molecule has 0 aliphatic carbocycles. The smallest absolute Gasteiger partial charge is 0.293 e. The van der Waals surface area contributed by atoms with Gasteiger partial charge in [0.25, 0.3) is 22.2 Å². The summed E-state index contributed by atoms with van der Waals surface area (Å²) in [6.07, 6.45) is 0. The fraction of sp³-hybridized carbons (Fsp3) is 0.111. The Bertz CT molecular complexity index is 1700. The van der Waals surface area contributed by atoms with Crippen molar-refractivity contribution in [2.24, 2.45) is 0 Å². The Morgan fingerprint density at radius 2 is 1.58 bits per heavy atom. The second kappa shape index (κ2) is 7.79. The lowest BCUT2D eigenvalue weighted by atomic mass is 10.1. The second-order valence-electron chi connectivity index (χ2n) is 6.69. The van der Waals surface area contributed by atoms with Crippen molar-refractivity contribution in [2.45, 2.75) is 6.73 Å². The molecule has 0 fully saturated rings. The van der Waals surface area contributed by atoms with Crippen LogP contribution < -0.4 is 32.4 Å². The Morgan fingerprint density at radius 3 is 2.24 bits per heavy atom. The lowest BCUT2D eigenvalue weighted by Crippen LogP contribution is -2.34. The Kier molecular flexibility index (Phi) is 5.22. The van der Waals surface area contributed by atoms with Crippen LogP contribution >= 0.6 is 23.2 Å². The first kappa shape index (κ1) is 22.1. The summed E-state index contributed by atoms with van der Waals surface area (Å²) in [6, 6.07) is 1.82. The van der Waals surface area contributed by atoms with Crippen molar-refractivity contribution in [1.82, 2.24) is 19.7 Å². The van der Waals surface area contributed by atoms with E-state index >= 15 is 0 Å². The molecule has 0 saturated heterocycles. The van der Waals surface area contributed by atoms with Gasteiger partial charge >= 0.3 is 0 Å². The van der Waals surface area contributed by atoms with Crippen molar-refractivity contribution in [3.63, 3.8) is 0 Å². The summed E-state index contributed by atoms with van der Waals surface area (Å²) >= 11 is 12.1. The van der Waals surface area contributed by atoms with Crippen LogP contribution in [0.25, 0.3) is 21.5 Å². The number of fused-ring (bicyclic) bond motifs is 2. The lowest BCUT2D eigenvalue weighted by Gasteiger charge is -2.14. The van der Waals surface area contributed by atoms with Crippen LogP contribution in [-0.4, -0.2) is 42.0 Å². The van der Waals surface area contributed by atoms with E-state index in [1.807, 2.05) is 0 Å². The molecule has 2 heterocycles. The maximum atomic E-state index is 12.7. The molecule has 0 aliphatic heterocycles. The van der Waals surface area contributed by atoms with Crippen LogP contribution in [0.4, 0.5) is 0 Å². The monoisotopic (exact) mass is 497 g/mol. The van der Waals surface area contributed by atoms with Crippen LogP contribution in [0.2, 0.25) is 10.0 Å². The molecule has 2 aromatic heterocycles. The van der Waals surface area contributed by atoms with Crippen LogP contribution in [0.15, 0.2) is 31.3 Å². The van der Waals surface area contributed by atoms with Crippen molar-refractivity contribution in [3.05, 3.63) is 63.6 Å². The Hall–Kier alpha value is -4.10. The Morgan fingerprint density at radius 1 is 0.909 bits per heavy atom. The summed E-state index contributed by atoms with van der Waals surface area (Å²) in [5, 5.41) is 32.1. The van der Waals surface area contributed by atoms with Gasteiger partial charge in [-0.1, -0.05) is 23.2 Å². The zero-order valence-corrected chi connectivity index (χ0v) is 17.9. The van der Waals surface area contributed by atoms with Crippen molar-refractivity contribution in [1.29, 1.82) is 0 Å². The molecule has 0 unspecified atom stereocenters. The molecule has 6 N–H and O–H groups in total. The molecule has 0 amide bonds. The zero-order chi connectivity index (χ0) is 24.2. The molecule has 0 spiro atoms. The van der Waals surface area contributed by atoms with E-state index in [9.17, 15) is 34.5 Å². The standard InChI is InChI=1S/C18H13Cl2N5O8/c1-21-25-18(32)10-5(15(29)23-25)2-8(27)14(12(10)20)33-4-24-17(31)6-3-7(26)13(28)11(19)9(6)16(30)22-24/h2-3,21,26-28H,4H2,1H3,(H,22,30)(H,23,29). The topological polar surface area (TPSA) is 192 Å². The number of benzene rings is 2. The minimum absolute atomic E-state index is 0.206. The molecule has 15 heteroatoms. The van der Waals surface area contributed by atoms with Crippen molar-refractivity contribution in [2.75, 3.05) is 12.5 Å². The van der Waals surface area contributed by atoms with E-state index in [0.29, 0.717) is 4.68 Å². The number of rotatable bonds is 4. The van der Waals surface area contributed by atoms with Gasteiger partial charge in [-0.15, -0.1) is 0 Å². The fourth-order valence-electron chi connectivity index (χ4n) is 3.24. The molecule has 0 aliphatic rings. The van der Waals surface area contributed by atoms with E-state index < -0.39 is 62.0 Å². The molecule has 2 aromatic carbocycles. The number of aromatic amines is 2. The lowest BCUT2D eigenvalue weighted by molar-refractivity contribution is 0.206. The van der Waals surface area contributed by atoms with E-state index in [4.69, 9.17) is 27.9 Å².